The largest absolute Gasteiger partial charge is 0.494 e. The summed E-state index contributed by atoms with van der Waals surface area (Å²) < 4.78 is 13.5. The number of carboxylic acid groups (broad SMARTS) is 1. The number of amides is 1. The Kier molecular flexibility index (Phi) is 5.35. The minimum Gasteiger partial charge on any atom is -0.494 e. The van der Waals surface area contributed by atoms with Gasteiger partial charge in [-0.2, -0.15) is 0 Å². The minimum absolute atomic E-state index is 0.379. The second-order valence-corrected chi connectivity index (χ2v) is 7.31. The highest BCUT2D eigenvalue weighted by atomic mass is 16.5. The summed E-state index contributed by atoms with van der Waals surface area (Å²) in [6, 6.07) is 13.4. The van der Waals surface area contributed by atoms with Crippen LogP contribution in [0, 0.1) is 0 Å². The van der Waals surface area contributed by atoms with Crippen LogP contribution in [0.2, 0.25) is 0 Å². The number of nitrogens with zero attached hydrogens (tertiary/aromatic N) is 1. The fourth-order valence-electron chi connectivity index (χ4n) is 4.35. The molecule has 1 unspecified atom stereocenters. The van der Waals surface area contributed by atoms with E-state index in [0.717, 1.165) is 33.5 Å². The van der Waals surface area contributed by atoms with Crippen LogP contribution >= 0.6 is 0 Å². The van der Waals surface area contributed by atoms with Gasteiger partial charge < -0.3 is 24.9 Å². The van der Waals surface area contributed by atoms with Crippen molar-refractivity contribution in [1.82, 2.24) is 4.57 Å². The van der Waals surface area contributed by atoms with Crippen LogP contribution in [0.3, 0.4) is 0 Å². The number of para-hydroxylation sites is 1. The first-order valence-electron chi connectivity index (χ1n) is 9.99. The summed E-state index contributed by atoms with van der Waals surface area (Å²) in [5.41, 5.74) is 9.50. The fraction of sp³-hybridized carbons (Fsp3) is 0.304. The molecule has 0 saturated heterocycles. The number of aliphatic carboxylic acids is 1. The van der Waals surface area contributed by atoms with E-state index >= 15 is 0 Å². The zero-order chi connectivity index (χ0) is 21.3. The Labute approximate surface area is 174 Å². The highest BCUT2D eigenvalue weighted by Gasteiger charge is 2.34. The number of aromatic nitrogens is 1. The normalized spacial score (nSPS) is 15.2. The smallest absolute Gasteiger partial charge is 0.341 e. The number of fused-ring (bicyclic) bond motifs is 3. The first-order chi connectivity index (χ1) is 14.5. The second kappa shape index (κ2) is 8.10. The van der Waals surface area contributed by atoms with Crippen LogP contribution in [0.1, 0.15) is 36.1 Å². The van der Waals surface area contributed by atoms with Crippen molar-refractivity contribution in [1.29, 1.82) is 0 Å². The van der Waals surface area contributed by atoms with Crippen molar-refractivity contribution in [2.24, 2.45) is 5.73 Å². The van der Waals surface area contributed by atoms with E-state index in [4.69, 9.17) is 20.3 Å². The molecule has 0 bridgehead atoms. The lowest BCUT2D eigenvalue weighted by Gasteiger charge is -2.14. The van der Waals surface area contributed by atoms with Gasteiger partial charge in [0, 0.05) is 16.6 Å². The average Bonchev–Trinajstić information content (AvgIpc) is 3.28. The van der Waals surface area contributed by atoms with Crippen LogP contribution in [-0.2, 0) is 22.6 Å². The van der Waals surface area contributed by atoms with Crippen LogP contribution in [-0.4, -0.2) is 34.8 Å². The number of carboxylic acids is 1. The number of rotatable bonds is 8. The van der Waals surface area contributed by atoms with Crippen LogP contribution in [0.25, 0.3) is 10.9 Å². The molecule has 2 aromatic carbocycles. The molecule has 0 fully saturated rings. The Morgan fingerprint density at radius 2 is 1.90 bits per heavy atom. The molecule has 30 heavy (non-hydrogen) atoms. The summed E-state index contributed by atoms with van der Waals surface area (Å²) in [6.45, 7) is 2.63. The molecule has 0 saturated carbocycles. The molecular formula is C23H24N2O5. The molecule has 1 amide bonds. The zero-order valence-electron chi connectivity index (χ0n) is 16.8. The topological polar surface area (TPSA) is 104 Å². The van der Waals surface area contributed by atoms with Gasteiger partial charge in [0.25, 0.3) is 0 Å². The highest BCUT2D eigenvalue weighted by molar-refractivity contribution is 5.97. The Hall–Kier alpha value is -3.48. The Balaban J connectivity index is 1.88. The predicted molar refractivity (Wildman–Crippen MR) is 112 cm³/mol. The number of benzene rings is 2. The lowest BCUT2D eigenvalue weighted by Crippen LogP contribution is -2.19. The van der Waals surface area contributed by atoms with E-state index < -0.39 is 18.5 Å². The maximum absolute atomic E-state index is 12.2. The molecule has 1 aliphatic carbocycles. The van der Waals surface area contributed by atoms with Crippen molar-refractivity contribution in [3.63, 3.8) is 0 Å². The van der Waals surface area contributed by atoms with Crippen molar-refractivity contribution in [3.05, 3.63) is 59.3 Å². The van der Waals surface area contributed by atoms with Crippen molar-refractivity contribution in [3.8, 4) is 11.5 Å². The van der Waals surface area contributed by atoms with Gasteiger partial charge in [0.05, 0.1) is 24.6 Å². The summed E-state index contributed by atoms with van der Waals surface area (Å²) in [5, 5.41) is 9.81. The predicted octanol–water partition coefficient (Wildman–Crippen LogP) is 3.07. The molecule has 3 aromatic rings. The second-order valence-electron chi connectivity index (χ2n) is 7.31. The average molecular weight is 408 g/mol. The van der Waals surface area contributed by atoms with Crippen molar-refractivity contribution in [2.75, 3.05) is 13.2 Å². The van der Waals surface area contributed by atoms with Gasteiger partial charge in [0.1, 0.15) is 11.5 Å². The third-order valence-electron chi connectivity index (χ3n) is 5.51. The molecule has 4 rings (SSSR count). The SMILES string of the molecule is CCOc1ccccc1Cn1c2c(c3c(OCC(=O)O)cccc31)C(C(N)=O)CC2. The molecule has 1 heterocycles. The molecular weight excluding hydrogens is 384 g/mol. The number of ether oxygens (including phenoxy) is 2. The molecule has 3 N–H and O–H groups in total. The summed E-state index contributed by atoms with van der Waals surface area (Å²) in [7, 11) is 0. The van der Waals surface area contributed by atoms with Crippen LogP contribution in [0.15, 0.2) is 42.5 Å². The van der Waals surface area contributed by atoms with E-state index in [9.17, 15) is 9.59 Å². The number of hydrogen-bond donors (Lipinski definition) is 2. The quantitative estimate of drug-likeness (QED) is 0.596. The minimum atomic E-state index is -1.06. The third-order valence-corrected chi connectivity index (χ3v) is 5.51. The number of carbonyl (C=O) groups excluding carboxylic acids is 1. The number of nitrogens with two attached hydrogens (primary N) is 1. The zero-order valence-corrected chi connectivity index (χ0v) is 16.8. The molecule has 1 atom stereocenters. The van der Waals surface area contributed by atoms with E-state index in [1.165, 1.54) is 0 Å². The van der Waals surface area contributed by atoms with Gasteiger partial charge in [-0.25, -0.2) is 4.79 Å². The Morgan fingerprint density at radius 3 is 2.63 bits per heavy atom. The first-order valence-corrected chi connectivity index (χ1v) is 9.99. The standard InChI is InChI=1S/C23H24N2O5/c1-2-29-18-8-4-3-6-14(18)12-25-16-7-5-9-19(30-13-20(26)27)22(16)21-15(23(24)28)10-11-17(21)25/h3-9,15H,2,10-13H2,1H3,(H2,24,28)(H,26,27). The maximum atomic E-state index is 12.2. The van der Waals surface area contributed by atoms with Gasteiger partial charge in [-0.05, 0) is 43.5 Å². The first kappa shape index (κ1) is 19.8. The molecule has 0 spiro atoms. The van der Waals surface area contributed by atoms with Crippen molar-refractivity contribution >= 4 is 22.8 Å². The van der Waals surface area contributed by atoms with E-state index in [2.05, 4.69) is 4.57 Å². The number of hydrogen-bond acceptors (Lipinski definition) is 4. The van der Waals surface area contributed by atoms with Crippen molar-refractivity contribution in [2.45, 2.75) is 32.2 Å². The molecule has 1 aromatic heterocycles. The molecule has 0 radical (unpaired) electrons. The van der Waals surface area contributed by atoms with Gasteiger partial charge >= 0.3 is 5.97 Å². The lowest BCUT2D eigenvalue weighted by atomic mass is 9.99. The van der Waals surface area contributed by atoms with Crippen LogP contribution in [0.4, 0.5) is 0 Å². The van der Waals surface area contributed by atoms with Gasteiger partial charge in [-0.3, -0.25) is 4.79 Å². The fourth-order valence-corrected chi connectivity index (χ4v) is 4.35. The van der Waals surface area contributed by atoms with Crippen LogP contribution < -0.4 is 15.2 Å². The van der Waals surface area contributed by atoms with Crippen molar-refractivity contribution < 1.29 is 24.2 Å². The van der Waals surface area contributed by atoms with E-state index in [0.29, 0.717) is 31.7 Å². The molecule has 156 valence electrons. The van der Waals surface area contributed by atoms with E-state index in [-0.39, 0.29) is 5.91 Å². The summed E-state index contributed by atoms with van der Waals surface area (Å²) in [6.07, 6.45) is 1.35. The van der Waals surface area contributed by atoms with Gasteiger partial charge in [-0.1, -0.05) is 24.3 Å². The molecule has 7 heteroatoms. The number of primary amides is 1. The Bertz CT molecular complexity index is 1120. The molecule has 0 aliphatic heterocycles. The van der Waals surface area contributed by atoms with Gasteiger partial charge in [-0.15, -0.1) is 0 Å². The monoisotopic (exact) mass is 408 g/mol. The lowest BCUT2D eigenvalue weighted by molar-refractivity contribution is -0.139. The Morgan fingerprint density at radius 1 is 1.13 bits per heavy atom. The third kappa shape index (κ3) is 3.47. The van der Waals surface area contributed by atoms with E-state index in [1.54, 1.807) is 6.07 Å². The maximum Gasteiger partial charge on any atom is 0.341 e. The van der Waals surface area contributed by atoms with Gasteiger partial charge in [0.2, 0.25) is 5.91 Å². The molecule has 1 aliphatic rings. The highest BCUT2D eigenvalue weighted by Crippen LogP contribution is 2.44. The van der Waals surface area contributed by atoms with E-state index in [1.807, 2.05) is 43.3 Å². The summed E-state index contributed by atoms with van der Waals surface area (Å²) in [5.74, 6) is -0.578. The summed E-state index contributed by atoms with van der Waals surface area (Å²) >= 11 is 0. The molecule has 7 nitrogen and oxygen atoms in total. The number of carbonyl (C=O) groups is 2. The van der Waals surface area contributed by atoms with Crippen LogP contribution in [0.5, 0.6) is 11.5 Å². The summed E-state index contributed by atoms with van der Waals surface area (Å²) in [4.78, 5) is 23.2. The van der Waals surface area contributed by atoms with Gasteiger partial charge in [0.15, 0.2) is 6.61 Å².